The Balaban J connectivity index is 1.88. The number of rotatable bonds is 5. The number of amides is 1. The molecule has 160 valence electrons. The summed E-state index contributed by atoms with van der Waals surface area (Å²) in [6.45, 7) is 2.98. The van der Waals surface area contributed by atoms with Crippen LogP contribution in [0, 0.1) is 11.7 Å². The standard InChI is InChI=1S/C21H19ClF2N6O/c1-10(30-20-17-19(27-8-26-17)28-9-29-20)13-7-14(22)21(2,24)16(18(25)31)15(13)11-4-3-5-12(23)6-11/h3-10,16H,1-2H3,(H2,25,31)(H2,26,27,28,29,30). The largest absolute Gasteiger partial charge is 0.369 e. The van der Waals surface area contributed by atoms with Crippen molar-refractivity contribution in [1.29, 1.82) is 0 Å². The number of carbonyl (C=O) groups is 1. The van der Waals surface area contributed by atoms with E-state index in [4.69, 9.17) is 17.3 Å². The first-order chi connectivity index (χ1) is 14.7. The molecule has 3 atom stereocenters. The number of carbonyl (C=O) groups excluding carboxylic acids is 1. The number of nitrogens with two attached hydrogens (primary N) is 1. The zero-order chi connectivity index (χ0) is 22.3. The Labute approximate surface area is 181 Å². The number of aromatic amines is 1. The predicted octanol–water partition coefficient (Wildman–Crippen LogP) is 3.71. The van der Waals surface area contributed by atoms with Gasteiger partial charge in [0.1, 0.15) is 23.6 Å². The van der Waals surface area contributed by atoms with Crippen LogP contribution in [0.2, 0.25) is 0 Å². The van der Waals surface area contributed by atoms with Crippen LogP contribution in [-0.4, -0.2) is 37.6 Å². The van der Waals surface area contributed by atoms with E-state index in [-0.39, 0.29) is 10.6 Å². The van der Waals surface area contributed by atoms with Crippen molar-refractivity contribution in [3.05, 3.63) is 65.0 Å². The zero-order valence-corrected chi connectivity index (χ0v) is 17.4. The highest BCUT2D eigenvalue weighted by molar-refractivity contribution is 6.31. The number of H-pyrrole nitrogens is 1. The van der Waals surface area contributed by atoms with Gasteiger partial charge < -0.3 is 16.0 Å². The van der Waals surface area contributed by atoms with Crippen molar-refractivity contribution in [3.63, 3.8) is 0 Å². The number of anilines is 1. The van der Waals surface area contributed by atoms with E-state index < -0.39 is 29.4 Å². The molecule has 0 saturated carbocycles. The number of hydrogen-bond donors (Lipinski definition) is 3. The molecule has 1 aliphatic rings. The Bertz CT molecular complexity index is 1240. The maximum Gasteiger partial charge on any atom is 0.228 e. The first-order valence-corrected chi connectivity index (χ1v) is 9.84. The number of halogens is 3. The molecule has 31 heavy (non-hydrogen) atoms. The highest BCUT2D eigenvalue weighted by Gasteiger charge is 2.48. The van der Waals surface area contributed by atoms with Gasteiger partial charge in [-0.2, -0.15) is 0 Å². The number of primary amides is 1. The Morgan fingerprint density at radius 1 is 1.35 bits per heavy atom. The molecular formula is C21H19ClF2N6O. The number of nitrogens with zero attached hydrogens (tertiary/aromatic N) is 3. The SMILES string of the molecule is CC(Nc1ncnc2nc[nH]c12)C1=C(c2cccc(F)c2)C(C(N)=O)C(C)(F)C(Cl)=C1. The van der Waals surface area contributed by atoms with Gasteiger partial charge in [0.15, 0.2) is 17.1 Å². The van der Waals surface area contributed by atoms with Crippen LogP contribution in [0.25, 0.3) is 16.7 Å². The van der Waals surface area contributed by atoms with E-state index in [1.165, 1.54) is 43.9 Å². The number of aromatic nitrogens is 4. The van der Waals surface area contributed by atoms with Gasteiger partial charge in [-0.15, -0.1) is 0 Å². The molecule has 0 fully saturated rings. The molecule has 1 amide bonds. The number of benzene rings is 1. The van der Waals surface area contributed by atoms with E-state index in [2.05, 4.69) is 25.3 Å². The predicted molar refractivity (Wildman–Crippen MR) is 114 cm³/mol. The molecule has 2 heterocycles. The molecule has 0 radical (unpaired) electrons. The topological polar surface area (TPSA) is 110 Å². The molecule has 0 spiro atoms. The van der Waals surface area contributed by atoms with Crippen molar-refractivity contribution in [2.45, 2.75) is 25.6 Å². The van der Waals surface area contributed by atoms with Crippen LogP contribution < -0.4 is 11.1 Å². The average molecular weight is 445 g/mol. The minimum Gasteiger partial charge on any atom is -0.369 e. The third kappa shape index (κ3) is 3.65. The summed E-state index contributed by atoms with van der Waals surface area (Å²) in [5.74, 6) is -2.39. The average Bonchev–Trinajstić information content (AvgIpc) is 3.19. The van der Waals surface area contributed by atoms with E-state index in [0.29, 0.717) is 28.1 Å². The van der Waals surface area contributed by atoms with Crippen LogP contribution in [0.5, 0.6) is 0 Å². The molecule has 0 saturated heterocycles. The molecule has 3 aromatic rings. The summed E-state index contributed by atoms with van der Waals surface area (Å²) in [6, 6.07) is 5.08. The van der Waals surface area contributed by atoms with Crippen LogP contribution in [0.15, 0.2) is 53.6 Å². The lowest BCUT2D eigenvalue weighted by atomic mass is 9.73. The minimum atomic E-state index is -2.25. The van der Waals surface area contributed by atoms with Crippen LogP contribution >= 0.6 is 11.6 Å². The fraction of sp³-hybridized carbons (Fsp3) is 0.238. The lowest BCUT2D eigenvalue weighted by molar-refractivity contribution is -0.122. The summed E-state index contributed by atoms with van der Waals surface area (Å²) in [6.07, 6.45) is 4.29. The van der Waals surface area contributed by atoms with Gasteiger partial charge in [-0.25, -0.2) is 23.7 Å². The third-order valence-corrected chi connectivity index (χ3v) is 5.83. The van der Waals surface area contributed by atoms with E-state index in [1.807, 2.05) is 0 Å². The van der Waals surface area contributed by atoms with Gasteiger partial charge in [-0.05, 0) is 48.8 Å². The summed E-state index contributed by atoms with van der Waals surface area (Å²) in [7, 11) is 0. The Hall–Kier alpha value is -3.33. The quantitative estimate of drug-likeness (QED) is 0.555. The Kier molecular flexibility index (Phi) is 5.22. The van der Waals surface area contributed by atoms with Crippen LogP contribution in [-0.2, 0) is 4.79 Å². The normalized spacial score (nSPS) is 22.4. The number of imidazole rings is 1. The van der Waals surface area contributed by atoms with Gasteiger partial charge >= 0.3 is 0 Å². The molecule has 1 aliphatic carbocycles. The van der Waals surface area contributed by atoms with Gasteiger partial charge in [-0.3, -0.25) is 4.79 Å². The van der Waals surface area contributed by atoms with Gasteiger partial charge in [0.2, 0.25) is 5.91 Å². The minimum absolute atomic E-state index is 0.172. The molecule has 10 heteroatoms. The maximum atomic E-state index is 15.6. The Morgan fingerprint density at radius 3 is 2.84 bits per heavy atom. The first-order valence-electron chi connectivity index (χ1n) is 9.46. The van der Waals surface area contributed by atoms with Crippen molar-refractivity contribution in [1.82, 2.24) is 19.9 Å². The van der Waals surface area contributed by atoms with E-state index in [0.717, 1.165) is 0 Å². The van der Waals surface area contributed by atoms with Crippen molar-refractivity contribution in [2.75, 3.05) is 5.32 Å². The lowest BCUT2D eigenvalue weighted by Gasteiger charge is -2.36. The van der Waals surface area contributed by atoms with E-state index in [9.17, 15) is 9.18 Å². The molecule has 3 unspecified atom stereocenters. The second-order valence-electron chi connectivity index (χ2n) is 7.47. The zero-order valence-electron chi connectivity index (χ0n) is 16.7. The Morgan fingerprint density at radius 2 is 2.13 bits per heavy atom. The monoisotopic (exact) mass is 444 g/mol. The second-order valence-corrected chi connectivity index (χ2v) is 7.88. The van der Waals surface area contributed by atoms with Crippen LogP contribution in [0.4, 0.5) is 14.6 Å². The van der Waals surface area contributed by atoms with Crippen molar-refractivity contribution in [3.8, 4) is 0 Å². The highest BCUT2D eigenvalue weighted by atomic mass is 35.5. The molecule has 0 aliphatic heterocycles. The third-order valence-electron chi connectivity index (χ3n) is 5.35. The fourth-order valence-electron chi connectivity index (χ4n) is 3.85. The number of nitrogens with one attached hydrogen (secondary N) is 2. The van der Waals surface area contributed by atoms with Crippen molar-refractivity contribution < 1.29 is 13.6 Å². The summed E-state index contributed by atoms with van der Waals surface area (Å²) >= 11 is 6.25. The van der Waals surface area contributed by atoms with Crippen molar-refractivity contribution >= 4 is 40.1 Å². The van der Waals surface area contributed by atoms with Gasteiger partial charge in [0, 0.05) is 0 Å². The number of allylic oxidation sites excluding steroid dienone is 1. The number of hydrogen-bond acceptors (Lipinski definition) is 5. The summed E-state index contributed by atoms with van der Waals surface area (Å²) in [4.78, 5) is 27.7. The molecule has 4 rings (SSSR count). The van der Waals surface area contributed by atoms with Crippen LogP contribution in [0.1, 0.15) is 19.4 Å². The fourth-order valence-corrected chi connectivity index (χ4v) is 4.07. The van der Waals surface area contributed by atoms with E-state index in [1.54, 1.807) is 13.0 Å². The summed E-state index contributed by atoms with van der Waals surface area (Å²) < 4.78 is 29.6. The molecule has 4 N–H and O–H groups in total. The first kappa shape index (κ1) is 20.9. The lowest BCUT2D eigenvalue weighted by Crippen LogP contribution is -2.44. The molecular weight excluding hydrogens is 426 g/mol. The van der Waals surface area contributed by atoms with Crippen molar-refractivity contribution in [2.24, 2.45) is 11.7 Å². The molecule has 7 nitrogen and oxygen atoms in total. The number of fused-ring (bicyclic) bond motifs is 1. The summed E-state index contributed by atoms with van der Waals surface area (Å²) in [5, 5.41) is 3.04. The smallest absolute Gasteiger partial charge is 0.228 e. The van der Waals surface area contributed by atoms with Gasteiger partial charge in [0.05, 0.1) is 17.4 Å². The molecule has 0 bridgehead atoms. The van der Waals surface area contributed by atoms with Gasteiger partial charge in [-0.1, -0.05) is 23.7 Å². The highest BCUT2D eigenvalue weighted by Crippen LogP contribution is 2.47. The molecule has 1 aromatic carbocycles. The second kappa shape index (κ2) is 7.73. The maximum absolute atomic E-state index is 15.6. The summed E-state index contributed by atoms with van der Waals surface area (Å²) in [5.41, 5.74) is 5.48. The molecule has 2 aromatic heterocycles. The van der Waals surface area contributed by atoms with Crippen LogP contribution in [0.3, 0.4) is 0 Å². The van der Waals surface area contributed by atoms with Gasteiger partial charge in [0.25, 0.3) is 0 Å². The van der Waals surface area contributed by atoms with E-state index >= 15 is 4.39 Å². The number of alkyl halides is 1.